The standard InChI is InChI=1S/C30H27N3O8S/c1-5-39-24-15-19(10-12-23(24)38-4)27-26(29(35)40-6-2)17(3)31-30-32(27)28(34)25(42-30)16-21-11-13-22(41-21)18-8-7-9-20(14-18)33(36)37/h7-16,27H,5-6H2,1-4H3/b25-16-. The molecule has 2 aromatic carbocycles. The summed E-state index contributed by atoms with van der Waals surface area (Å²) in [6.07, 6.45) is 1.59. The average Bonchev–Trinajstić information content (AvgIpc) is 3.56. The van der Waals surface area contributed by atoms with E-state index in [9.17, 15) is 19.7 Å². The van der Waals surface area contributed by atoms with Gasteiger partial charge in [-0.3, -0.25) is 19.5 Å². The molecule has 0 radical (unpaired) electrons. The van der Waals surface area contributed by atoms with Crippen LogP contribution in [0.15, 0.2) is 80.1 Å². The van der Waals surface area contributed by atoms with E-state index in [4.69, 9.17) is 18.6 Å². The normalized spacial score (nSPS) is 14.8. The van der Waals surface area contributed by atoms with Crippen molar-refractivity contribution in [2.45, 2.75) is 26.8 Å². The molecule has 0 fully saturated rings. The summed E-state index contributed by atoms with van der Waals surface area (Å²) in [4.78, 5) is 42.8. The number of aromatic nitrogens is 1. The van der Waals surface area contributed by atoms with Crippen molar-refractivity contribution in [1.29, 1.82) is 0 Å². The summed E-state index contributed by atoms with van der Waals surface area (Å²) in [5, 5.41) is 11.2. The molecule has 0 saturated heterocycles. The average molecular weight is 590 g/mol. The van der Waals surface area contributed by atoms with Crippen molar-refractivity contribution in [3.05, 3.63) is 107 Å². The van der Waals surface area contributed by atoms with Crippen LogP contribution in [0.2, 0.25) is 0 Å². The van der Waals surface area contributed by atoms with Crippen LogP contribution >= 0.6 is 11.3 Å². The third kappa shape index (κ3) is 5.36. The topological polar surface area (TPSA) is 135 Å². The Morgan fingerprint density at radius 2 is 1.95 bits per heavy atom. The van der Waals surface area contributed by atoms with Crippen LogP contribution in [0.1, 0.15) is 38.1 Å². The number of carbonyl (C=O) groups excluding carboxylic acids is 1. The second-order valence-corrected chi connectivity index (χ2v) is 10.2. The molecule has 12 heteroatoms. The number of nitrogens with zero attached hydrogens (tertiary/aromatic N) is 3. The molecule has 1 atom stereocenters. The predicted octanol–water partition coefficient (Wildman–Crippen LogP) is 4.37. The van der Waals surface area contributed by atoms with Crippen LogP contribution < -0.4 is 24.4 Å². The van der Waals surface area contributed by atoms with Gasteiger partial charge in [0, 0.05) is 23.8 Å². The molecule has 5 rings (SSSR count). The van der Waals surface area contributed by atoms with Crippen LogP contribution in [0.3, 0.4) is 0 Å². The van der Waals surface area contributed by atoms with Crippen LogP contribution in [-0.2, 0) is 9.53 Å². The summed E-state index contributed by atoms with van der Waals surface area (Å²) in [7, 11) is 1.54. The van der Waals surface area contributed by atoms with Gasteiger partial charge in [0.15, 0.2) is 16.3 Å². The van der Waals surface area contributed by atoms with Gasteiger partial charge in [0.25, 0.3) is 11.2 Å². The molecule has 1 aliphatic rings. The number of rotatable bonds is 9. The number of hydrogen-bond acceptors (Lipinski definition) is 10. The molecule has 42 heavy (non-hydrogen) atoms. The number of ether oxygens (including phenoxy) is 3. The number of hydrogen-bond donors (Lipinski definition) is 0. The second kappa shape index (κ2) is 11.9. The minimum atomic E-state index is -0.829. The van der Waals surface area contributed by atoms with Crippen molar-refractivity contribution in [3.63, 3.8) is 0 Å². The molecule has 4 aromatic rings. The highest BCUT2D eigenvalue weighted by Gasteiger charge is 2.34. The summed E-state index contributed by atoms with van der Waals surface area (Å²) < 4.78 is 24.3. The molecular formula is C30H27N3O8S. The van der Waals surface area contributed by atoms with E-state index < -0.39 is 16.9 Å². The Morgan fingerprint density at radius 1 is 1.14 bits per heavy atom. The van der Waals surface area contributed by atoms with Crippen LogP contribution in [0, 0.1) is 10.1 Å². The van der Waals surface area contributed by atoms with E-state index in [-0.39, 0.29) is 23.4 Å². The number of nitro benzene ring substituents is 1. The van der Waals surface area contributed by atoms with E-state index in [1.165, 1.54) is 23.8 Å². The number of non-ortho nitro benzene ring substituents is 1. The van der Waals surface area contributed by atoms with E-state index in [1.807, 2.05) is 6.92 Å². The molecule has 1 aliphatic heterocycles. The van der Waals surface area contributed by atoms with Crippen molar-refractivity contribution in [2.24, 2.45) is 4.99 Å². The fourth-order valence-electron chi connectivity index (χ4n) is 4.73. The molecule has 0 spiro atoms. The Kier molecular flexibility index (Phi) is 8.07. The Morgan fingerprint density at radius 3 is 2.67 bits per heavy atom. The lowest BCUT2D eigenvalue weighted by molar-refractivity contribution is -0.384. The first kappa shape index (κ1) is 28.6. The molecule has 0 amide bonds. The lowest BCUT2D eigenvalue weighted by Gasteiger charge is -2.25. The molecule has 0 aliphatic carbocycles. The quantitative estimate of drug-likeness (QED) is 0.160. The van der Waals surface area contributed by atoms with Crippen molar-refractivity contribution < 1.29 is 28.3 Å². The van der Waals surface area contributed by atoms with E-state index in [2.05, 4.69) is 4.99 Å². The summed E-state index contributed by atoms with van der Waals surface area (Å²) in [6.45, 7) is 5.82. The largest absolute Gasteiger partial charge is 0.493 e. The highest BCUT2D eigenvalue weighted by atomic mass is 32.1. The van der Waals surface area contributed by atoms with Gasteiger partial charge in [-0.15, -0.1) is 0 Å². The zero-order valence-corrected chi connectivity index (χ0v) is 24.1. The first-order valence-corrected chi connectivity index (χ1v) is 13.9. The second-order valence-electron chi connectivity index (χ2n) is 9.16. The third-order valence-electron chi connectivity index (χ3n) is 6.56. The maximum Gasteiger partial charge on any atom is 0.338 e. The molecule has 0 saturated carbocycles. The number of benzene rings is 2. The number of fused-ring (bicyclic) bond motifs is 1. The lowest BCUT2D eigenvalue weighted by Crippen LogP contribution is -2.39. The Hall–Kier alpha value is -4.97. The maximum absolute atomic E-state index is 13.9. The van der Waals surface area contributed by atoms with Gasteiger partial charge in [0.1, 0.15) is 11.5 Å². The number of carbonyl (C=O) groups is 1. The highest BCUT2D eigenvalue weighted by Crippen LogP contribution is 2.36. The molecule has 2 aromatic heterocycles. The minimum Gasteiger partial charge on any atom is -0.493 e. The molecule has 0 bridgehead atoms. The zero-order valence-electron chi connectivity index (χ0n) is 23.3. The van der Waals surface area contributed by atoms with E-state index in [0.29, 0.717) is 55.8 Å². The van der Waals surface area contributed by atoms with Gasteiger partial charge in [0.2, 0.25) is 0 Å². The first-order chi connectivity index (χ1) is 20.2. The number of esters is 1. The number of nitro groups is 1. The Balaban J connectivity index is 1.64. The summed E-state index contributed by atoms with van der Waals surface area (Å²) >= 11 is 1.16. The van der Waals surface area contributed by atoms with Crippen LogP contribution in [-0.4, -0.2) is 35.8 Å². The van der Waals surface area contributed by atoms with Crippen molar-refractivity contribution in [1.82, 2.24) is 4.57 Å². The van der Waals surface area contributed by atoms with Crippen molar-refractivity contribution in [3.8, 4) is 22.8 Å². The Labute approximate surface area is 243 Å². The molecule has 216 valence electrons. The van der Waals surface area contributed by atoms with Gasteiger partial charge in [-0.2, -0.15) is 0 Å². The SMILES string of the molecule is CCOC(=O)C1=C(C)N=c2s/c(=C\c3ccc(-c4cccc([N+](=O)[O-])c4)o3)c(=O)n2C1c1ccc(OC)c(OCC)c1. The fraction of sp³-hybridized carbons (Fsp3) is 0.233. The van der Waals surface area contributed by atoms with Crippen molar-refractivity contribution in [2.75, 3.05) is 20.3 Å². The van der Waals surface area contributed by atoms with Crippen LogP contribution in [0.25, 0.3) is 17.4 Å². The van der Waals surface area contributed by atoms with Gasteiger partial charge < -0.3 is 18.6 Å². The van der Waals surface area contributed by atoms with E-state index >= 15 is 0 Å². The number of allylic oxidation sites excluding steroid dienone is 1. The van der Waals surface area contributed by atoms with Crippen molar-refractivity contribution >= 4 is 29.1 Å². The van der Waals surface area contributed by atoms with E-state index in [1.54, 1.807) is 62.4 Å². The smallest absolute Gasteiger partial charge is 0.338 e. The molecule has 1 unspecified atom stereocenters. The van der Waals surface area contributed by atoms with Gasteiger partial charge in [-0.25, -0.2) is 9.79 Å². The third-order valence-corrected chi connectivity index (χ3v) is 7.54. The van der Waals surface area contributed by atoms with Crippen LogP contribution in [0.4, 0.5) is 5.69 Å². The Bertz CT molecular complexity index is 1900. The van der Waals surface area contributed by atoms with Crippen LogP contribution in [0.5, 0.6) is 11.5 Å². The minimum absolute atomic E-state index is 0.0578. The molecule has 11 nitrogen and oxygen atoms in total. The monoisotopic (exact) mass is 589 g/mol. The van der Waals surface area contributed by atoms with Gasteiger partial charge in [0.05, 0.1) is 47.1 Å². The summed E-state index contributed by atoms with van der Waals surface area (Å²) in [5.41, 5.74) is 1.40. The lowest BCUT2D eigenvalue weighted by atomic mass is 9.95. The number of methoxy groups -OCH3 is 1. The van der Waals surface area contributed by atoms with Gasteiger partial charge in [-0.1, -0.05) is 29.5 Å². The summed E-state index contributed by atoms with van der Waals surface area (Å²) in [5.74, 6) is 1.21. The first-order valence-electron chi connectivity index (χ1n) is 13.1. The van der Waals surface area contributed by atoms with E-state index in [0.717, 1.165) is 11.3 Å². The zero-order chi connectivity index (χ0) is 30.0. The molecular weight excluding hydrogens is 562 g/mol. The molecule has 0 N–H and O–H groups in total. The number of thiazole rings is 1. The van der Waals surface area contributed by atoms with Gasteiger partial charge >= 0.3 is 5.97 Å². The summed E-state index contributed by atoms with van der Waals surface area (Å²) in [6, 6.07) is 13.9. The highest BCUT2D eigenvalue weighted by molar-refractivity contribution is 7.07. The van der Waals surface area contributed by atoms with Gasteiger partial charge in [-0.05, 0) is 50.6 Å². The fourth-order valence-corrected chi connectivity index (χ4v) is 5.75. The number of furan rings is 1. The predicted molar refractivity (Wildman–Crippen MR) is 155 cm³/mol. The molecule has 3 heterocycles. The maximum atomic E-state index is 13.9.